The lowest BCUT2D eigenvalue weighted by Gasteiger charge is -2.16. The standard InChI is InChI=1S/C25H20ClNO4S/c1-2-30-22-10-6-5-9-21(22)27-24(28)23(32-25(27)29)15-17-11-13-19(14-12-17)31-16-18-7-3-4-8-20(18)26/h3-15H,2,16H2,1H3/b23-15-. The molecule has 0 unspecified atom stereocenters. The summed E-state index contributed by atoms with van der Waals surface area (Å²) < 4.78 is 11.4. The Balaban J connectivity index is 1.48. The van der Waals surface area contributed by atoms with E-state index in [-0.39, 0.29) is 11.1 Å². The van der Waals surface area contributed by atoms with Gasteiger partial charge in [0.15, 0.2) is 0 Å². The highest BCUT2D eigenvalue weighted by Gasteiger charge is 2.37. The Morgan fingerprint density at radius 2 is 1.66 bits per heavy atom. The first-order valence-corrected chi connectivity index (χ1v) is 11.2. The maximum atomic E-state index is 13.0. The number of hydrogen-bond donors (Lipinski definition) is 0. The van der Waals surface area contributed by atoms with Gasteiger partial charge in [-0.05, 0) is 60.7 Å². The van der Waals surface area contributed by atoms with Crippen LogP contribution in [0.5, 0.6) is 11.5 Å². The summed E-state index contributed by atoms with van der Waals surface area (Å²) in [5.41, 5.74) is 2.14. The van der Waals surface area contributed by atoms with Crippen LogP contribution in [-0.4, -0.2) is 17.8 Å². The van der Waals surface area contributed by atoms with Crippen LogP contribution >= 0.6 is 23.4 Å². The first kappa shape index (κ1) is 22.0. The van der Waals surface area contributed by atoms with Crippen LogP contribution in [0.1, 0.15) is 18.1 Å². The molecular formula is C25H20ClNO4S. The molecule has 2 amide bonds. The summed E-state index contributed by atoms with van der Waals surface area (Å²) in [5, 5.41) is 0.304. The number of para-hydroxylation sites is 2. The van der Waals surface area contributed by atoms with Crippen molar-refractivity contribution in [3.05, 3.63) is 93.9 Å². The zero-order chi connectivity index (χ0) is 22.5. The smallest absolute Gasteiger partial charge is 0.298 e. The molecule has 1 fully saturated rings. The van der Waals surface area contributed by atoms with Crippen molar-refractivity contribution in [2.24, 2.45) is 0 Å². The number of halogens is 1. The lowest BCUT2D eigenvalue weighted by molar-refractivity contribution is -0.113. The van der Waals surface area contributed by atoms with Gasteiger partial charge in [0.25, 0.3) is 11.1 Å². The highest BCUT2D eigenvalue weighted by molar-refractivity contribution is 8.19. The van der Waals surface area contributed by atoms with Crippen molar-refractivity contribution < 1.29 is 19.1 Å². The number of anilines is 1. The molecule has 0 aliphatic carbocycles. The lowest BCUT2D eigenvalue weighted by atomic mass is 10.2. The van der Waals surface area contributed by atoms with Crippen LogP contribution in [0.3, 0.4) is 0 Å². The molecule has 0 radical (unpaired) electrons. The molecule has 4 rings (SSSR count). The molecule has 7 heteroatoms. The van der Waals surface area contributed by atoms with Crippen molar-refractivity contribution in [3.8, 4) is 11.5 Å². The van der Waals surface area contributed by atoms with E-state index in [1.165, 1.54) is 0 Å². The fourth-order valence-electron chi connectivity index (χ4n) is 3.18. The van der Waals surface area contributed by atoms with Gasteiger partial charge in [-0.3, -0.25) is 9.59 Å². The molecule has 3 aromatic carbocycles. The third-order valence-corrected chi connectivity index (χ3v) is 5.97. The van der Waals surface area contributed by atoms with E-state index in [1.54, 1.807) is 30.3 Å². The summed E-state index contributed by atoms with van der Waals surface area (Å²) in [5.74, 6) is 0.811. The fraction of sp³-hybridized carbons (Fsp3) is 0.120. The third kappa shape index (κ3) is 4.82. The quantitative estimate of drug-likeness (QED) is 0.370. The SMILES string of the molecule is CCOc1ccccc1N1C(=O)S/C(=C\c2ccc(OCc3ccccc3Cl)cc2)C1=O. The number of amides is 2. The average molecular weight is 466 g/mol. The van der Waals surface area contributed by atoms with Gasteiger partial charge in [0.2, 0.25) is 0 Å². The molecule has 1 aliphatic heterocycles. The largest absolute Gasteiger partial charge is 0.492 e. The molecule has 1 heterocycles. The Morgan fingerprint density at radius 1 is 0.938 bits per heavy atom. The number of imide groups is 1. The van der Waals surface area contributed by atoms with E-state index in [2.05, 4.69) is 0 Å². The summed E-state index contributed by atoms with van der Waals surface area (Å²) >= 11 is 7.07. The van der Waals surface area contributed by atoms with Gasteiger partial charge >= 0.3 is 0 Å². The Hall–Kier alpha value is -3.22. The summed E-state index contributed by atoms with van der Waals surface area (Å²) in [6, 6.07) is 21.8. The van der Waals surface area contributed by atoms with Crippen LogP contribution in [0.15, 0.2) is 77.7 Å². The van der Waals surface area contributed by atoms with Crippen molar-refractivity contribution in [3.63, 3.8) is 0 Å². The van der Waals surface area contributed by atoms with Crippen LogP contribution in [-0.2, 0) is 11.4 Å². The van der Waals surface area contributed by atoms with Crippen molar-refractivity contribution in [1.82, 2.24) is 0 Å². The van der Waals surface area contributed by atoms with Gasteiger partial charge in [0.05, 0.1) is 17.2 Å². The van der Waals surface area contributed by atoms with E-state index < -0.39 is 0 Å². The van der Waals surface area contributed by atoms with E-state index in [4.69, 9.17) is 21.1 Å². The van der Waals surface area contributed by atoms with Crippen LogP contribution in [0.4, 0.5) is 10.5 Å². The molecule has 5 nitrogen and oxygen atoms in total. The molecule has 1 saturated heterocycles. The van der Waals surface area contributed by atoms with Crippen LogP contribution in [0.25, 0.3) is 6.08 Å². The minimum Gasteiger partial charge on any atom is -0.492 e. The second-order valence-corrected chi connectivity index (χ2v) is 8.27. The average Bonchev–Trinajstić information content (AvgIpc) is 3.07. The van der Waals surface area contributed by atoms with Gasteiger partial charge in [-0.1, -0.05) is 54.1 Å². The second-order valence-electron chi connectivity index (χ2n) is 6.87. The van der Waals surface area contributed by atoms with Crippen molar-refractivity contribution >= 4 is 46.3 Å². The van der Waals surface area contributed by atoms with Crippen molar-refractivity contribution in [1.29, 1.82) is 0 Å². The van der Waals surface area contributed by atoms with Gasteiger partial charge in [0.1, 0.15) is 18.1 Å². The summed E-state index contributed by atoms with van der Waals surface area (Å²) in [4.78, 5) is 27.1. The highest BCUT2D eigenvalue weighted by Crippen LogP contribution is 2.39. The highest BCUT2D eigenvalue weighted by atomic mass is 35.5. The molecule has 0 atom stereocenters. The first-order chi connectivity index (χ1) is 15.6. The number of carbonyl (C=O) groups is 2. The van der Waals surface area contributed by atoms with Gasteiger partial charge in [-0.15, -0.1) is 0 Å². The van der Waals surface area contributed by atoms with E-state index in [1.807, 2.05) is 55.5 Å². The molecule has 0 aromatic heterocycles. The Kier molecular flexibility index (Phi) is 6.83. The number of carbonyl (C=O) groups excluding carboxylic acids is 2. The monoisotopic (exact) mass is 465 g/mol. The van der Waals surface area contributed by atoms with E-state index >= 15 is 0 Å². The normalized spacial score (nSPS) is 14.8. The second kappa shape index (κ2) is 9.94. The summed E-state index contributed by atoms with van der Waals surface area (Å²) in [7, 11) is 0. The van der Waals surface area contributed by atoms with Gasteiger partial charge in [0, 0.05) is 10.6 Å². The lowest BCUT2D eigenvalue weighted by Crippen LogP contribution is -2.28. The maximum Gasteiger partial charge on any atom is 0.298 e. The van der Waals surface area contributed by atoms with Gasteiger partial charge < -0.3 is 9.47 Å². The number of ether oxygens (including phenoxy) is 2. The van der Waals surface area contributed by atoms with E-state index in [0.717, 1.165) is 27.8 Å². The predicted molar refractivity (Wildman–Crippen MR) is 128 cm³/mol. The number of benzene rings is 3. The fourth-order valence-corrected chi connectivity index (χ4v) is 4.21. The Bertz CT molecular complexity index is 1180. The van der Waals surface area contributed by atoms with E-state index in [0.29, 0.717) is 40.3 Å². The van der Waals surface area contributed by atoms with Gasteiger partial charge in [-0.25, -0.2) is 4.90 Å². The van der Waals surface area contributed by atoms with Crippen molar-refractivity contribution in [2.75, 3.05) is 11.5 Å². The summed E-state index contributed by atoms with van der Waals surface area (Å²) in [6.07, 6.45) is 1.70. The number of nitrogens with zero attached hydrogens (tertiary/aromatic N) is 1. The predicted octanol–water partition coefficient (Wildman–Crippen LogP) is 6.56. The topological polar surface area (TPSA) is 55.8 Å². The van der Waals surface area contributed by atoms with Gasteiger partial charge in [-0.2, -0.15) is 0 Å². The Morgan fingerprint density at radius 3 is 2.41 bits per heavy atom. The molecule has 0 bridgehead atoms. The maximum absolute atomic E-state index is 13.0. The first-order valence-electron chi connectivity index (χ1n) is 10.0. The van der Waals surface area contributed by atoms with Crippen LogP contribution in [0.2, 0.25) is 5.02 Å². The van der Waals surface area contributed by atoms with Crippen molar-refractivity contribution in [2.45, 2.75) is 13.5 Å². The number of thioether (sulfide) groups is 1. The zero-order valence-electron chi connectivity index (χ0n) is 17.3. The molecule has 0 saturated carbocycles. The molecular weight excluding hydrogens is 446 g/mol. The molecule has 3 aromatic rings. The minimum atomic E-state index is -0.369. The third-order valence-electron chi connectivity index (χ3n) is 4.73. The molecule has 1 aliphatic rings. The number of hydrogen-bond acceptors (Lipinski definition) is 5. The molecule has 162 valence electrons. The van der Waals surface area contributed by atoms with Crippen LogP contribution < -0.4 is 14.4 Å². The molecule has 0 spiro atoms. The summed E-state index contributed by atoms with van der Waals surface area (Å²) in [6.45, 7) is 2.65. The Labute approximate surface area is 195 Å². The number of rotatable bonds is 7. The molecule has 0 N–H and O–H groups in total. The molecule has 32 heavy (non-hydrogen) atoms. The minimum absolute atomic E-state index is 0.353. The van der Waals surface area contributed by atoms with E-state index in [9.17, 15) is 9.59 Å². The zero-order valence-corrected chi connectivity index (χ0v) is 18.9. The van der Waals surface area contributed by atoms with Crippen LogP contribution in [0, 0.1) is 0 Å².